The molecule has 1 amide bonds. The Morgan fingerprint density at radius 3 is 2.65 bits per heavy atom. The lowest BCUT2D eigenvalue weighted by Gasteiger charge is -2.05. The van der Waals surface area contributed by atoms with Gasteiger partial charge in [0.15, 0.2) is 0 Å². The third kappa shape index (κ3) is 3.07. The normalized spacial score (nSPS) is 14.2. The summed E-state index contributed by atoms with van der Waals surface area (Å²) in [5, 5.41) is 7.17. The summed E-state index contributed by atoms with van der Waals surface area (Å²) in [6.07, 6.45) is 6.87. The molecule has 1 saturated carbocycles. The maximum absolute atomic E-state index is 11.5. The maximum atomic E-state index is 11.5. The number of rotatable bonds is 5. The lowest BCUT2D eigenvalue weighted by Crippen LogP contribution is -2.26. The largest absolute Gasteiger partial charge is 0.356 e. The second kappa shape index (κ2) is 5.49. The van der Waals surface area contributed by atoms with Gasteiger partial charge in [0.1, 0.15) is 0 Å². The Bertz CT molecular complexity index is 596. The molecule has 3 rings (SSSR count). The molecular formula is C16H19N3O. The van der Waals surface area contributed by atoms with Crippen molar-refractivity contribution < 1.29 is 4.79 Å². The van der Waals surface area contributed by atoms with Crippen LogP contribution < -0.4 is 5.32 Å². The van der Waals surface area contributed by atoms with E-state index in [0.29, 0.717) is 5.92 Å². The zero-order valence-electron chi connectivity index (χ0n) is 11.7. The molecule has 20 heavy (non-hydrogen) atoms. The Hall–Kier alpha value is -2.10. The SMILES string of the molecule is Cn1cc(-c2ccc(CCNC(=O)C3CC3)cc2)cn1. The molecule has 1 aliphatic rings. The maximum Gasteiger partial charge on any atom is 0.223 e. The van der Waals surface area contributed by atoms with Gasteiger partial charge in [-0.1, -0.05) is 24.3 Å². The van der Waals surface area contributed by atoms with Crippen LogP contribution in [0.2, 0.25) is 0 Å². The van der Waals surface area contributed by atoms with Crippen molar-refractivity contribution >= 4 is 5.91 Å². The fourth-order valence-electron chi connectivity index (χ4n) is 2.25. The predicted molar refractivity (Wildman–Crippen MR) is 78.1 cm³/mol. The molecule has 1 N–H and O–H groups in total. The highest BCUT2D eigenvalue weighted by molar-refractivity contribution is 5.80. The molecule has 1 aromatic heterocycles. The van der Waals surface area contributed by atoms with Gasteiger partial charge in [-0.15, -0.1) is 0 Å². The summed E-state index contributed by atoms with van der Waals surface area (Å²) in [7, 11) is 1.92. The summed E-state index contributed by atoms with van der Waals surface area (Å²) in [6, 6.07) is 8.45. The number of nitrogens with zero attached hydrogens (tertiary/aromatic N) is 2. The van der Waals surface area contributed by atoms with E-state index >= 15 is 0 Å². The van der Waals surface area contributed by atoms with Crippen LogP contribution in [0.5, 0.6) is 0 Å². The second-order valence-electron chi connectivity index (χ2n) is 5.41. The van der Waals surface area contributed by atoms with Crippen LogP contribution in [0.3, 0.4) is 0 Å². The van der Waals surface area contributed by atoms with Crippen molar-refractivity contribution in [1.29, 1.82) is 0 Å². The Balaban J connectivity index is 1.54. The van der Waals surface area contributed by atoms with Gasteiger partial charge in [-0.05, 0) is 30.4 Å². The van der Waals surface area contributed by atoms with Gasteiger partial charge in [0.25, 0.3) is 0 Å². The average Bonchev–Trinajstić information content (AvgIpc) is 3.22. The van der Waals surface area contributed by atoms with Gasteiger partial charge >= 0.3 is 0 Å². The van der Waals surface area contributed by atoms with Crippen LogP contribution in [0.1, 0.15) is 18.4 Å². The summed E-state index contributed by atoms with van der Waals surface area (Å²) in [5.41, 5.74) is 3.54. The Labute approximate surface area is 118 Å². The van der Waals surface area contributed by atoms with Crippen LogP contribution in [0, 0.1) is 5.92 Å². The van der Waals surface area contributed by atoms with Gasteiger partial charge < -0.3 is 5.32 Å². The molecule has 4 nitrogen and oxygen atoms in total. The highest BCUT2D eigenvalue weighted by Crippen LogP contribution is 2.28. The van der Waals surface area contributed by atoms with Crippen molar-refractivity contribution in [2.75, 3.05) is 6.54 Å². The van der Waals surface area contributed by atoms with Crippen LogP contribution in [0.4, 0.5) is 0 Å². The molecular weight excluding hydrogens is 250 g/mol. The van der Waals surface area contributed by atoms with Gasteiger partial charge in [0, 0.05) is 31.3 Å². The van der Waals surface area contributed by atoms with Crippen molar-refractivity contribution in [3.05, 3.63) is 42.2 Å². The number of nitrogens with one attached hydrogen (secondary N) is 1. The van der Waals surface area contributed by atoms with Gasteiger partial charge in [-0.2, -0.15) is 5.10 Å². The Morgan fingerprint density at radius 1 is 1.30 bits per heavy atom. The zero-order chi connectivity index (χ0) is 13.9. The number of amides is 1. The minimum Gasteiger partial charge on any atom is -0.356 e. The molecule has 4 heteroatoms. The van der Waals surface area contributed by atoms with E-state index in [-0.39, 0.29) is 5.91 Å². The molecule has 0 bridgehead atoms. The lowest BCUT2D eigenvalue weighted by molar-refractivity contribution is -0.122. The Morgan fingerprint density at radius 2 is 2.05 bits per heavy atom. The second-order valence-corrected chi connectivity index (χ2v) is 5.41. The van der Waals surface area contributed by atoms with E-state index in [1.165, 1.54) is 11.1 Å². The first-order valence-electron chi connectivity index (χ1n) is 7.08. The predicted octanol–water partition coefficient (Wildman–Crippen LogP) is 2.16. The summed E-state index contributed by atoms with van der Waals surface area (Å²) < 4.78 is 1.80. The fourth-order valence-corrected chi connectivity index (χ4v) is 2.25. The topological polar surface area (TPSA) is 46.9 Å². The summed E-state index contributed by atoms with van der Waals surface area (Å²) in [5.74, 6) is 0.514. The van der Waals surface area contributed by atoms with E-state index in [9.17, 15) is 4.79 Å². The van der Waals surface area contributed by atoms with Crippen molar-refractivity contribution in [3.8, 4) is 11.1 Å². The van der Waals surface area contributed by atoms with Crippen LogP contribution >= 0.6 is 0 Å². The van der Waals surface area contributed by atoms with E-state index in [2.05, 4.69) is 34.7 Å². The van der Waals surface area contributed by atoms with Gasteiger partial charge in [-0.25, -0.2) is 0 Å². The first-order valence-corrected chi connectivity index (χ1v) is 7.08. The molecule has 0 unspecified atom stereocenters. The van der Waals surface area contributed by atoms with Gasteiger partial charge in [0.05, 0.1) is 6.20 Å². The van der Waals surface area contributed by atoms with Gasteiger partial charge in [-0.3, -0.25) is 9.48 Å². The number of hydrogen-bond donors (Lipinski definition) is 1. The van der Waals surface area contributed by atoms with Crippen LogP contribution in [0.15, 0.2) is 36.7 Å². The molecule has 1 heterocycles. The molecule has 1 aromatic carbocycles. The van der Waals surface area contributed by atoms with Crippen molar-refractivity contribution in [1.82, 2.24) is 15.1 Å². The first-order chi connectivity index (χ1) is 9.72. The lowest BCUT2D eigenvalue weighted by atomic mass is 10.1. The van der Waals surface area contributed by atoms with E-state index in [1.807, 2.05) is 19.4 Å². The molecule has 1 fully saturated rings. The van der Waals surface area contributed by atoms with Crippen molar-refractivity contribution in [3.63, 3.8) is 0 Å². The number of benzene rings is 1. The summed E-state index contributed by atoms with van der Waals surface area (Å²) in [4.78, 5) is 11.5. The summed E-state index contributed by atoms with van der Waals surface area (Å²) >= 11 is 0. The standard InChI is InChI=1S/C16H19N3O/c1-19-11-15(10-18-19)13-4-2-12(3-5-13)8-9-17-16(20)14-6-7-14/h2-5,10-11,14H,6-9H2,1H3,(H,17,20). The zero-order valence-corrected chi connectivity index (χ0v) is 11.7. The number of aromatic nitrogens is 2. The van der Waals surface area contributed by atoms with E-state index in [1.54, 1.807) is 4.68 Å². The van der Waals surface area contributed by atoms with Crippen LogP contribution in [-0.4, -0.2) is 22.2 Å². The molecule has 0 atom stereocenters. The van der Waals surface area contributed by atoms with Gasteiger partial charge in [0.2, 0.25) is 5.91 Å². The highest BCUT2D eigenvalue weighted by Gasteiger charge is 2.28. The number of carbonyl (C=O) groups excluding carboxylic acids is 1. The fraction of sp³-hybridized carbons (Fsp3) is 0.375. The molecule has 0 saturated heterocycles. The monoisotopic (exact) mass is 269 g/mol. The molecule has 0 spiro atoms. The minimum atomic E-state index is 0.219. The quantitative estimate of drug-likeness (QED) is 0.904. The molecule has 0 radical (unpaired) electrons. The van der Waals surface area contributed by atoms with Crippen molar-refractivity contribution in [2.24, 2.45) is 13.0 Å². The number of hydrogen-bond acceptors (Lipinski definition) is 2. The minimum absolute atomic E-state index is 0.219. The number of aryl methyl sites for hydroxylation is 1. The highest BCUT2D eigenvalue weighted by atomic mass is 16.2. The number of carbonyl (C=O) groups is 1. The average molecular weight is 269 g/mol. The smallest absolute Gasteiger partial charge is 0.223 e. The van der Waals surface area contributed by atoms with Crippen LogP contribution in [0.25, 0.3) is 11.1 Å². The molecule has 1 aliphatic carbocycles. The summed E-state index contributed by atoms with van der Waals surface area (Å²) in [6.45, 7) is 0.724. The van der Waals surface area contributed by atoms with E-state index in [0.717, 1.165) is 31.4 Å². The molecule has 104 valence electrons. The first kappa shape index (κ1) is 12.9. The third-order valence-corrected chi connectivity index (χ3v) is 3.65. The molecule has 0 aliphatic heterocycles. The van der Waals surface area contributed by atoms with Crippen molar-refractivity contribution in [2.45, 2.75) is 19.3 Å². The van der Waals surface area contributed by atoms with E-state index < -0.39 is 0 Å². The van der Waals surface area contributed by atoms with Crippen LogP contribution in [-0.2, 0) is 18.3 Å². The molecule has 2 aromatic rings. The van der Waals surface area contributed by atoms with E-state index in [4.69, 9.17) is 0 Å². The third-order valence-electron chi connectivity index (χ3n) is 3.65. The Kier molecular flexibility index (Phi) is 3.54.